The van der Waals surface area contributed by atoms with Crippen molar-refractivity contribution in [1.82, 2.24) is 10.3 Å². The number of fused-ring (bicyclic) bond motifs is 1. The molecule has 29 heavy (non-hydrogen) atoms. The number of nitrogen functional groups attached to an aromatic ring is 2. The van der Waals surface area contributed by atoms with E-state index < -0.39 is 5.66 Å². The monoisotopic (exact) mass is 386 g/mol. The van der Waals surface area contributed by atoms with Gasteiger partial charge in [-0.2, -0.15) is 0 Å². The number of aliphatic imine (C=N–C) groups is 1. The third-order valence-electron chi connectivity index (χ3n) is 4.84. The lowest BCUT2D eigenvalue weighted by Crippen LogP contribution is -2.37. The van der Waals surface area contributed by atoms with Gasteiger partial charge in [-0.05, 0) is 47.5 Å². The van der Waals surface area contributed by atoms with E-state index in [0.717, 1.165) is 27.7 Å². The van der Waals surface area contributed by atoms with E-state index in [4.69, 9.17) is 11.5 Å². The number of nitrogens with zero attached hydrogens (tertiary/aromatic N) is 2. The van der Waals surface area contributed by atoms with Gasteiger partial charge >= 0.3 is 0 Å². The second-order valence-electron chi connectivity index (χ2n) is 7.00. The quantitative estimate of drug-likeness (QED) is 0.538. The topological polar surface area (TPSA) is 118 Å². The van der Waals surface area contributed by atoms with Crippen LogP contribution < -0.4 is 22.1 Å². The first-order chi connectivity index (χ1) is 13.9. The number of nitrogens with one attached hydrogen (secondary N) is 2. The zero-order valence-electron chi connectivity index (χ0n) is 16.0. The van der Waals surface area contributed by atoms with Gasteiger partial charge in [0.2, 0.25) is 5.91 Å². The van der Waals surface area contributed by atoms with Crippen molar-refractivity contribution >= 4 is 40.2 Å². The molecule has 1 unspecified atom stereocenters. The molecular weight excluding hydrogens is 364 g/mol. The van der Waals surface area contributed by atoms with Crippen LogP contribution >= 0.6 is 0 Å². The first-order valence-electron chi connectivity index (χ1n) is 9.26. The zero-order chi connectivity index (χ0) is 20.4. The molecule has 2 aromatic carbocycles. The average molecular weight is 386 g/mol. The lowest BCUT2D eigenvalue weighted by atomic mass is 9.97. The third-order valence-corrected chi connectivity index (χ3v) is 4.84. The maximum Gasteiger partial charge on any atom is 0.221 e. The highest BCUT2D eigenvalue weighted by molar-refractivity contribution is 5.92. The van der Waals surface area contributed by atoms with Gasteiger partial charge in [-0.1, -0.05) is 18.2 Å². The fraction of sp³-hybridized carbons (Fsp3) is 0.136. The van der Waals surface area contributed by atoms with Crippen LogP contribution in [0, 0.1) is 0 Å². The van der Waals surface area contributed by atoms with Gasteiger partial charge in [0.25, 0.3) is 0 Å². The van der Waals surface area contributed by atoms with Crippen LogP contribution in [0.4, 0.5) is 17.2 Å². The summed E-state index contributed by atoms with van der Waals surface area (Å²) in [6, 6.07) is 15.3. The van der Waals surface area contributed by atoms with E-state index in [1.54, 1.807) is 12.3 Å². The second-order valence-corrected chi connectivity index (χ2v) is 7.00. The molecule has 1 atom stereocenters. The molecule has 0 saturated carbocycles. The SMILES string of the molecule is CC(=O)Nc1ccc(CNC2(c3ccc4nc(N)cc(N)c4c3)C=CC=N2)cc1. The highest BCUT2D eigenvalue weighted by Gasteiger charge is 2.30. The van der Waals surface area contributed by atoms with Gasteiger partial charge in [0, 0.05) is 42.5 Å². The predicted molar refractivity (Wildman–Crippen MR) is 117 cm³/mol. The number of amides is 1. The van der Waals surface area contributed by atoms with E-state index in [1.807, 2.05) is 54.6 Å². The minimum Gasteiger partial charge on any atom is -0.398 e. The summed E-state index contributed by atoms with van der Waals surface area (Å²) in [6.45, 7) is 2.08. The first kappa shape index (κ1) is 18.6. The van der Waals surface area contributed by atoms with Crippen molar-refractivity contribution < 1.29 is 4.79 Å². The maximum absolute atomic E-state index is 11.2. The fourth-order valence-electron chi connectivity index (χ4n) is 3.42. The number of anilines is 3. The van der Waals surface area contributed by atoms with Crippen LogP contribution in [-0.2, 0) is 17.0 Å². The molecule has 7 nitrogen and oxygen atoms in total. The van der Waals surface area contributed by atoms with E-state index in [-0.39, 0.29) is 5.91 Å². The number of aromatic nitrogens is 1. The third kappa shape index (κ3) is 3.81. The summed E-state index contributed by atoms with van der Waals surface area (Å²) < 4.78 is 0. The lowest BCUT2D eigenvalue weighted by Gasteiger charge is -2.27. The molecule has 2 heterocycles. The minimum absolute atomic E-state index is 0.0907. The normalized spacial score (nSPS) is 17.7. The molecule has 0 bridgehead atoms. The summed E-state index contributed by atoms with van der Waals surface area (Å²) in [4.78, 5) is 20.2. The van der Waals surface area contributed by atoms with E-state index in [2.05, 4.69) is 20.6 Å². The maximum atomic E-state index is 11.2. The van der Waals surface area contributed by atoms with Crippen molar-refractivity contribution in [3.8, 4) is 0 Å². The Bertz CT molecular complexity index is 1120. The number of carbonyl (C=O) groups excluding carboxylic acids is 1. The van der Waals surface area contributed by atoms with Crippen molar-refractivity contribution in [3.05, 3.63) is 71.8 Å². The van der Waals surface area contributed by atoms with Crippen LogP contribution in [0.3, 0.4) is 0 Å². The van der Waals surface area contributed by atoms with Crippen LogP contribution in [0.1, 0.15) is 18.1 Å². The Labute approximate surface area is 168 Å². The zero-order valence-corrected chi connectivity index (χ0v) is 16.0. The molecule has 1 aromatic heterocycles. The Balaban J connectivity index is 1.60. The molecule has 3 aromatic rings. The number of rotatable bonds is 5. The Morgan fingerprint density at radius 2 is 1.90 bits per heavy atom. The van der Waals surface area contributed by atoms with Gasteiger partial charge in [-0.15, -0.1) is 0 Å². The Hall–Kier alpha value is -3.71. The van der Waals surface area contributed by atoms with Crippen LogP contribution in [0.5, 0.6) is 0 Å². The summed E-state index contributed by atoms with van der Waals surface area (Å²) in [7, 11) is 0. The lowest BCUT2D eigenvalue weighted by molar-refractivity contribution is -0.114. The number of hydrogen-bond donors (Lipinski definition) is 4. The summed E-state index contributed by atoms with van der Waals surface area (Å²) in [5.41, 5.74) is 15.4. The number of benzene rings is 2. The summed E-state index contributed by atoms with van der Waals surface area (Å²) in [6.07, 6.45) is 5.71. The molecule has 4 rings (SSSR count). The highest BCUT2D eigenvalue weighted by atomic mass is 16.1. The molecule has 0 aliphatic carbocycles. The first-order valence-corrected chi connectivity index (χ1v) is 9.26. The van der Waals surface area contributed by atoms with Crippen LogP contribution in [0.2, 0.25) is 0 Å². The van der Waals surface area contributed by atoms with Crippen LogP contribution in [-0.4, -0.2) is 17.1 Å². The summed E-state index contributed by atoms with van der Waals surface area (Å²) in [5, 5.41) is 7.13. The Morgan fingerprint density at radius 1 is 1.10 bits per heavy atom. The van der Waals surface area contributed by atoms with Gasteiger partial charge in [-0.3, -0.25) is 15.1 Å². The highest BCUT2D eigenvalue weighted by Crippen LogP contribution is 2.32. The number of carbonyl (C=O) groups is 1. The molecule has 1 aliphatic rings. The molecule has 0 saturated heterocycles. The number of allylic oxidation sites excluding steroid dienone is 1. The van der Waals surface area contributed by atoms with Crippen molar-refractivity contribution in [3.63, 3.8) is 0 Å². The van der Waals surface area contributed by atoms with E-state index >= 15 is 0 Å². The van der Waals surface area contributed by atoms with Crippen molar-refractivity contribution in [1.29, 1.82) is 0 Å². The molecule has 1 amide bonds. The largest absolute Gasteiger partial charge is 0.398 e. The van der Waals surface area contributed by atoms with Crippen molar-refractivity contribution in [2.75, 3.05) is 16.8 Å². The predicted octanol–water partition coefficient (Wildman–Crippen LogP) is 2.94. The minimum atomic E-state index is -0.682. The standard InChI is InChI=1S/C22H22N6O/c1-14(29)27-17-6-3-15(4-7-17)13-26-22(9-2-10-25-22)16-5-8-20-18(11-16)19(23)12-21(24)28-20/h2-12,26H,13H2,1H3,(H,27,29)(H4,23,24,28). The van der Waals surface area contributed by atoms with Gasteiger partial charge in [0.15, 0.2) is 5.66 Å². The molecule has 0 fully saturated rings. The van der Waals surface area contributed by atoms with Crippen LogP contribution in [0.15, 0.2) is 65.7 Å². The molecule has 0 radical (unpaired) electrons. The Kier molecular flexibility index (Phi) is 4.74. The van der Waals surface area contributed by atoms with E-state index in [9.17, 15) is 4.79 Å². The second kappa shape index (κ2) is 7.37. The van der Waals surface area contributed by atoms with Gasteiger partial charge in [0.05, 0.1) is 5.52 Å². The number of nitrogens with two attached hydrogens (primary N) is 2. The molecule has 6 N–H and O–H groups in total. The number of pyridine rings is 1. The smallest absolute Gasteiger partial charge is 0.221 e. The van der Waals surface area contributed by atoms with Gasteiger partial charge < -0.3 is 16.8 Å². The number of hydrogen-bond acceptors (Lipinski definition) is 6. The van der Waals surface area contributed by atoms with Gasteiger partial charge in [-0.25, -0.2) is 4.98 Å². The molecule has 7 heteroatoms. The van der Waals surface area contributed by atoms with Crippen LogP contribution in [0.25, 0.3) is 10.9 Å². The van der Waals surface area contributed by atoms with Crippen molar-refractivity contribution in [2.24, 2.45) is 4.99 Å². The van der Waals surface area contributed by atoms with E-state index in [1.165, 1.54) is 6.92 Å². The fourth-order valence-corrected chi connectivity index (χ4v) is 3.42. The summed E-state index contributed by atoms with van der Waals surface area (Å²) in [5.74, 6) is 0.309. The van der Waals surface area contributed by atoms with E-state index in [0.29, 0.717) is 18.1 Å². The van der Waals surface area contributed by atoms with Crippen molar-refractivity contribution in [2.45, 2.75) is 19.1 Å². The molecule has 0 spiro atoms. The Morgan fingerprint density at radius 3 is 2.59 bits per heavy atom. The van der Waals surface area contributed by atoms with Gasteiger partial charge in [0.1, 0.15) is 5.82 Å². The molecule has 1 aliphatic heterocycles. The average Bonchev–Trinajstić information content (AvgIpc) is 3.17. The molecule has 146 valence electrons. The summed E-state index contributed by atoms with van der Waals surface area (Å²) >= 11 is 0. The molecular formula is C22H22N6O.